The van der Waals surface area contributed by atoms with Crippen molar-refractivity contribution in [2.75, 3.05) is 6.54 Å². The first-order valence-corrected chi connectivity index (χ1v) is 7.99. The predicted octanol–water partition coefficient (Wildman–Crippen LogP) is 3.26. The van der Waals surface area contributed by atoms with Crippen molar-refractivity contribution >= 4 is 12.2 Å². The molecule has 1 aliphatic carbocycles. The molecule has 1 unspecified atom stereocenters. The van der Waals surface area contributed by atoms with Gasteiger partial charge in [-0.05, 0) is 51.8 Å². The second-order valence-electron chi connectivity index (χ2n) is 6.34. The van der Waals surface area contributed by atoms with E-state index >= 15 is 0 Å². The van der Waals surface area contributed by atoms with Crippen molar-refractivity contribution < 1.29 is 9.53 Å². The van der Waals surface area contributed by atoms with Gasteiger partial charge in [-0.25, -0.2) is 0 Å². The lowest BCUT2D eigenvalue weighted by atomic mass is 9.96. The van der Waals surface area contributed by atoms with Crippen molar-refractivity contribution in [3.8, 4) is 0 Å². The Morgan fingerprint density at radius 3 is 2.59 bits per heavy atom. The van der Waals surface area contributed by atoms with E-state index in [2.05, 4.69) is 37.6 Å². The zero-order chi connectivity index (χ0) is 16.3. The molecule has 120 valence electrons. The average molecular weight is 302 g/mol. The first-order valence-electron chi connectivity index (χ1n) is 7.99. The largest absolute Gasteiger partial charge is 0.453 e. The molecule has 0 saturated heterocycles. The third-order valence-corrected chi connectivity index (χ3v) is 4.06. The van der Waals surface area contributed by atoms with E-state index in [1.807, 2.05) is 24.4 Å². The number of allylic oxidation sites excluding steroid dienone is 2. The summed E-state index contributed by atoms with van der Waals surface area (Å²) in [6.45, 7) is 11.3. The molecule has 2 rings (SSSR count). The lowest BCUT2D eigenvalue weighted by Crippen LogP contribution is -2.38. The highest BCUT2D eigenvalue weighted by atomic mass is 16.5. The molecule has 0 spiro atoms. The van der Waals surface area contributed by atoms with Gasteiger partial charge < -0.3 is 4.74 Å². The summed E-state index contributed by atoms with van der Waals surface area (Å²) in [7, 11) is 0. The molecule has 0 fully saturated rings. The molecule has 0 saturated carbocycles. The van der Waals surface area contributed by atoms with Crippen LogP contribution in [0.3, 0.4) is 0 Å². The van der Waals surface area contributed by atoms with Gasteiger partial charge in [0.15, 0.2) is 0 Å². The Morgan fingerprint density at radius 1 is 1.32 bits per heavy atom. The molecule has 0 bridgehead atoms. The number of carbonyl (C=O) groups is 1. The smallest absolute Gasteiger partial charge is 0.303 e. The van der Waals surface area contributed by atoms with Gasteiger partial charge in [0.1, 0.15) is 6.10 Å². The topological polar surface area (TPSA) is 41.9 Å². The van der Waals surface area contributed by atoms with Gasteiger partial charge in [0.05, 0.1) is 5.70 Å². The third-order valence-electron chi connectivity index (χ3n) is 4.06. The maximum Gasteiger partial charge on any atom is 0.303 e. The van der Waals surface area contributed by atoms with Gasteiger partial charge in [0, 0.05) is 37.3 Å². The molecule has 1 heterocycles. The van der Waals surface area contributed by atoms with Crippen LogP contribution in [-0.4, -0.2) is 41.8 Å². The van der Waals surface area contributed by atoms with Crippen LogP contribution < -0.4 is 0 Å². The number of fused-ring (bicyclic) bond motifs is 1. The van der Waals surface area contributed by atoms with Crippen LogP contribution in [0.15, 0.2) is 40.1 Å². The molecule has 0 aromatic heterocycles. The van der Waals surface area contributed by atoms with Crippen LogP contribution in [0.5, 0.6) is 0 Å². The Morgan fingerprint density at radius 2 is 2.00 bits per heavy atom. The minimum absolute atomic E-state index is 0.263. The fraction of sp³-hybridized carbons (Fsp3) is 0.556. The molecular formula is C18H26N2O2. The monoisotopic (exact) mass is 302 g/mol. The number of hydrogen-bond acceptors (Lipinski definition) is 4. The van der Waals surface area contributed by atoms with Crippen molar-refractivity contribution in [1.82, 2.24) is 4.90 Å². The van der Waals surface area contributed by atoms with Gasteiger partial charge in [0.2, 0.25) is 0 Å². The van der Waals surface area contributed by atoms with Crippen molar-refractivity contribution in [2.45, 2.75) is 59.2 Å². The number of rotatable bonds is 6. The predicted molar refractivity (Wildman–Crippen MR) is 89.9 cm³/mol. The maximum absolute atomic E-state index is 11.3. The number of ether oxygens (including phenoxy) is 1. The van der Waals surface area contributed by atoms with E-state index in [9.17, 15) is 4.79 Å². The molecule has 2 aliphatic rings. The van der Waals surface area contributed by atoms with Crippen LogP contribution >= 0.6 is 0 Å². The summed E-state index contributed by atoms with van der Waals surface area (Å²) in [4.78, 5) is 18.2. The Hall–Kier alpha value is -1.68. The molecular weight excluding hydrogens is 276 g/mol. The molecule has 22 heavy (non-hydrogen) atoms. The van der Waals surface area contributed by atoms with Crippen LogP contribution in [0.2, 0.25) is 0 Å². The maximum atomic E-state index is 11.3. The zero-order valence-corrected chi connectivity index (χ0v) is 14.2. The standard InChI is InChI=1S/C18H26N2O2/c1-12(2)20(13(3)4)10-9-15-11-19-16-7-6-8-17(18(15)16)22-14(5)21/h6-8,11-13,17H,9-10H2,1-5H3. The van der Waals surface area contributed by atoms with Crippen molar-refractivity contribution in [2.24, 2.45) is 4.99 Å². The van der Waals surface area contributed by atoms with E-state index in [0.717, 1.165) is 24.2 Å². The first-order chi connectivity index (χ1) is 10.4. The highest BCUT2D eigenvalue weighted by Crippen LogP contribution is 2.32. The second kappa shape index (κ2) is 7.05. The Kier molecular flexibility index (Phi) is 5.35. The lowest BCUT2D eigenvalue weighted by Gasteiger charge is -2.30. The molecule has 1 aliphatic heterocycles. The molecule has 0 N–H and O–H groups in total. The Bertz CT molecular complexity index is 545. The van der Waals surface area contributed by atoms with Crippen molar-refractivity contribution in [1.29, 1.82) is 0 Å². The fourth-order valence-electron chi connectivity index (χ4n) is 3.09. The molecule has 4 nitrogen and oxygen atoms in total. The van der Waals surface area contributed by atoms with E-state index in [1.54, 1.807) is 0 Å². The number of carbonyl (C=O) groups excluding carboxylic acids is 1. The van der Waals surface area contributed by atoms with Crippen LogP contribution in [-0.2, 0) is 9.53 Å². The van der Waals surface area contributed by atoms with E-state index in [1.165, 1.54) is 12.5 Å². The van der Waals surface area contributed by atoms with E-state index in [0.29, 0.717) is 12.1 Å². The SMILES string of the molecule is CC(=O)OC1C=CC=C2N=CC(CCN(C(C)C)C(C)C)=C21. The summed E-state index contributed by atoms with van der Waals surface area (Å²) < 4.78 is 5.42. The number of aliphatic imine (C=N–C) groups is 1. The van der Waals surface area contributed by atoms with Crippen LogP contribution in [0, 0.1) is 0 Å². The van der Waals surface area contributed by atoms with E-state index < -0.39 is 0 Å². The summed E-state index contributed by atoms with van der Waals surface area (Å²) in [5.74, 6) is -0.263. The molecule has 0 aromatic rings. The Balaban J connectivity index is 2.14. The summed E-state index contributed by atoms with van der Waals surface area (Å²) >= 11 is 0. The van der Waals surface area contributed by atoms with Crippen LogP contribution in [0.4, 0.5) is 0 Å². The van der Waals surface area contributed by atoms with Gasteiger partial charge in [-0.1, -0.05) is 6.08 Å². The number of hydrogen-bond donors (Lipinski definition) is 0. The summed E-state index contributed by atoms with van der Waals surface area (Å²) in [5, 5.41) is 0. The van der Waals surface area contributed by atoms with Gasteiger partial charge in [-0.2, -0.15) is 0 Å². The van der Waals surface area contributed by atoms with Crippen molar-refractivity contribution in [3.63, 3.8) is 0 Å². The van der Waals surface area contributed by atoms with Gasteiger partial charge in [-0.3, -0.25) is 14.7 Å². The molecule has 1 atom stereocenters. The van der Waals surface area contributed by atoms with Crippen LogP contribution in [0.1, 0.15) is 41.0 Å². The van der Waals surface area contributed by atoms with Gasteiger partial charge in [-0.15, -0.1) is 0 Å². The first kappa shape index (κ1) is 16.7. The minimum atomic E-state index is -0.304. The highest BCUT2D eigenvalue weighted by Gasteiger charge is 2.27. The van der Waals surface area contributed by atoms with Gasteiger partial charge in [0.25, 0.3) is 0 Å². The lowest BCUT2D eigenvalue weighted by molar-refractivity contribution is -0.142. The summed E-state index contributed by atoms with van der Waals surface area (Å²) in [6.07, 6.45) is 8.32. The molecule has 0 amide bonds. The second-order valence-corrected chi connectivity index (χ2v) is 6.34. The molecule has 0 radical (unpaired) electrons. The minimum Gasteiger partial charge on any atom is -0.453 e. The number of esters is 1. The van der Waals surface area contributed by atoms with Gasteiger partial charge >= 0.3 is 5.97 Å². The fourth-order valence-corrected chi connectivity index (χ4v) is 3.09. The Labute approximate surface area is 133 Å². The van der Waals surface area contributed by atoms with Crippen molar-refractivity contribution in [3.05, 3.63) is 35.1 Å². The quantitative estimate of drug-likeness (QED) is 0.707. The molecule has 4 heteroatoms. The van der Waals surface area contributed by atoms with Crippen LogP contribution in [0.25, 0.3) is 0 Å². The average Bonchev–Trinajstić information content (AvgIpc) is 2.82. The normalized spacial score (nSPS) is 20.2. The molecule has 0 aromatic carbocycles. The summed E-state index contributed by atoms with van der Waals surface area (Å²) in [5.41, 5.74) is 3.14. The van der Waals surface area contributed by atoms with E-state index in [4.69, 9.17) is 4.74 Å². The highest BCUT2D eigenvalue weighted by molar-refractivity contribution is 5.87. The number of nitrogens with zero attached hydrogens (tertiary/aromatic N) is 2. The third kappa shape index (κ3) is 3.74. The zero-order valence-electron chi connectivity index (χ0n) is 14.2. The summed E-state index contributed by atoms with van der Waals surface area (Å²) in [6, 6.07) is 1.02. The van der Waals surface area contributed by atoms with E-state index in [-0.39, 0.29) is 12.1 Å².